The van der Waals surface area contributed by atoms with Crippen molar-refractivity contribution >= 4 is 11.5 Å². The van der Waals surface area contributed by atoms with E-state index < -0.39 is 0 Å². The van der Waals surface area contributed by atoms with Gasteiger partial charge < -0.3 is 5.32 Å². The normalized spacial score (nSPS) is 10.2. The summed E-state index contributed by atoms with van der Waals surface area (Å²) < 4.78 is 0. The second kappa shape index (κ2) is 4.71. The molecule has 2 N–H and O–H groups in total. The first-order valence-corrected chi connectivity index (χ1v) is 5.70. The number of hydrogen-bond donors (Lipinski definition) is 2. The first kappa shape index (κ1) is 10.5. The van der Waals surface area contributed by atoms with E-state index in [9.17, 15) is 0 Å². The van der Waals surface area contributed by atoms with E-state index >= 15 is 0 Å². The fourth-order valence-corrected chi connectivity index (χ4v) is 1.73. The Morgan fingerprint density at radius 1 is 1.00 bits per heavy atom. The van der Waals surface area contributed by atoms with E-state index in [1.54, 1.807) is 12.4 Å². The lowest BCUT2D eigenvalue weighted by Gasteiger charge is -2.00. The number of hydrogen-bond acceptors (Lipinski definition) is 3. The molecule has 88 valence electrons. The molecule has 3 aromatic rings. The number of anilines is 2. The molecule has 3 rings (SSSR count). The summed E-state index contributed by atoms with van der Waals surface area (Å²) in [4.78, 5) is 4.09. The molecule has 0 radical (unpaired) electrons. The third-order valence-electron chi connectivity index (χ3n) is 2.60. The minimum atomic E-state index is 0.792. The Labute approximate surface area is 105 Å². The van der Waals surface area contributed by atoms with Gasteiger partial charge in [0.25, 0.3) is 0 Å². The molecule has 0 bridgehead atoms. The monoisotopic (exact) mass is 236 g/mol. The molecular weight excluding hydrogens is 224 g/mol. The molecular formula is C14H12N4. The van der Waals surface area contributed by atoms with Gasteiger partial charge in [0.15, 0.2) is 5.82 Å². The van der Waals surface area contributed by atoms with Crippen molar-refractivity contribution in [2.24, 2.45) is 0 Å². The number of aromatic amines is 1. The van der Waals surface area contributed by atoms with Crippen LogP contribution < -0.4 is 5.32 Å². The van der Waals surface area contributed by atoms with Crippen LogP contribution in [0.25, 0.3) is 11.3 Å². The van der Waals surface area contributed by atoms with Gasteiger partial charge in [0.1, 0.15) is 0 Å². The van der Waals surface area contributed by atoms with Crippen molar-refractivity contribution in [3.8, 4) is 11.3 Å². The van der Waals surface area contributed by atoms with Crippen LogP contribution in [-0.4, -0.2) is 15.2 Å². The van der Waals surface area contributed by atoms with Crippen LogP contribution in [0, 0.1) is 0 Å². The molecule has 0 saturated carbocycles. The molecule has 0 amide bonds. The molecule has 0 aliphatic carbocycles. The summed E-state index contributed by atoms with van der Waals surface area (Å²) in [5.74, 6) is 0.792. The molecule has 0 aliphatic heterocycles. The molecule has 0 spiro atoms. The van der Waals surface area contributed by atoms with Crippen LogP contribution in [0.1, 0.15) is 0 Å². The molecule has 1 aromatic carbocycles. The van der Waals surface area contributed by atoms with Crippen molar-refractivity contribution in [1.29, 1.82) is 0 Å². The van der Waals surface area contributed by atoms with Crippen LogP contribution in [0.15, 0.2) is 60.9 Å². The van der Waals surface area contributed by atoms with E-state index in [-0.39, 0.29) is 0 Å². The van der Waals surface area contributed by atoms with Gasteiger partial charge in [0.05, 0.1) is 5.69 Å². The summed E-state index contributed by atoms with van der Waals surface area (Å²) in [6.45, 7) is 0. The van der Waals surface area contributed by atoms with Crippen molar-refractivity contribution in [2.75, 3.05) is 5.32 Å². The predicted octanol–water partition coefficient (Wildman–Crippen LogP) is 3.22. The maximum Gasteiger partial charge on any atom is 0.152 e. The molecule has 0 unspecified atom stereocenters. The van der Waals surface area contributed by atoms with Crippen molar-refractivity contribution < 1.29 is 0 Å². The Bertz CT molecular complexity index is 617. The lowest BCUT2D eigenvalue weighted by Crippen LogP contribution is -1.88. The Balaban J connectivity index is 1.82. The molecule has 0 fully saturated rings. The lowest BCUT2D eigenvalue weighted by molar-refractivity contribution is 1.09. The molecule has 2 aromatic heterocycles. The fourth-order valence-electron chi connectivity index (χ4n) is 1.73. The van der Waals surface area contributed by atoms with E-state index in [4.69, 9.17) is 0 Å². The SMILES string of the molecule is c1ccc(Nc2cc(-c3cccnc3)[nH]n2)cc1. The smallest absolute Gasteiger partial charge is 0.152 e. The van der Waals surface area contributed by atoms with Crippen LogP contribution in [0.3, 0.4) is 0 Å². The second-order valence-electron chi connectivity index (χ2n) is 3.90. The van der Waals surface area contributed by atoms with Crippen LogP contribution in [0.5, 0.6) is 0 Å². The third-order valence-corrected chi connectivity index (χ3v) is 2.60. The van der Waals surface area contributed by atoms with Gasteiger partial charge in [0, 0.05) is 29.7 Å². The number of para-hydroxylation sites is 1. The quantitative estimate of drug-likeness (QED) is 0.734. The van der Waals surface area contributed by atoms with Crippen LogP contribution in [-0.2, 0) is 0 Å². The molecule has 4 nitrogen and oxygen atoms in total. The van der Waals surface area contributed by atoms with E-state index in [1.165, 1.54) is 0 Å². The van der Waals surface area contributed by atoms with Gasteiger partial charge in [-0.25, -0.2) is 0 Å². The summed E-state index contributed by atoms with van der Waals surface area (Å²) in [7, 11) is 0. The Kier molecular flexibility index (Phi) is 2.75. The molecule has 0 aliphatic rings. The number of benzene rings is 1. The summed E-state index contributed by atoms with van der Waals surface area (Å²) in [6.07, 6.45) is 3.56. The lowest BCUT2D eigenvalue weighted by atomic mass is 10.2. The van der Waals surface area contributed by atoms with Gasteiger partial charge >= 0.3 is 0 Å². The van der Waals surface area contributed by atoms with E-state index in [0.29, 0.717) is 0 Å². The highest BCUT2D eigenvalue weighted by atomic mass is 15.2. The maximum atomic E-state index is 4.22. The van der Waals surface area contributed by atoms with E-state index in [2.05, 4.69) is 20.5 Å². The van der Waals surface area contributed by atoms with Gasteiger partial charge in [-0.05, 0) is 24.3 Å². The highest BCUT2D eigenvalue weighted by molar-refractivity contribution is 5.65. The summed E-state index contributed by atoms with van der Waals surface area (Å²) >= 11 is 0. The standard InChI is InChI=1S/C14H12N4/c1-2-6-12(7-3-1)16-14-9-13(17-18-14)11-5-4-8-15-10-11/h1-10H,(H2,16,17,18). The topological polar surface area (TPSA) is 53.6 Å². The zero-order valence-corrected chi connectivity index (χ0v) is 9.67. The minimum Gasteiger partial charge on any atom is -0.339 e. The zero-order valence-electron chi connectivity index (χ0n) is 9.67. The average molecular weight is 236 g/mol. The van der Waals surface area contributed by atoms with Gasteiger partial charge in [-0.3, -0.25) is 10.1 Å². The highest BCUT2D eigenvalue weighted by Crippen LogP contribution is 2.20. The molecule has 0 atom stereocenters. The fraction of sp³-hybridized carbons (Fsp3) is 0. The van der Waals surface area contributed by atoms with Crippen molar-refractivity contribution in [1.82, 2.24) is 15.2 Å². The minimum absolute atomic E-state index is 0.792. The maximum absolute atomic E-state index is 4.22. The average Bonchev–Trinajstić information content (AvgIpc) is 2.89. The number of H-pyrrole nitrogens is 1. The Morgan fingerprint density at radius 2 is 1.89 bits per heavy atom. The van der Waals surface area contributed by atoms with Gasteiger partial charge in [-0.2, -0.15) is 5.10 Å². The summed E-state index contributed by atoms with van der Waals surface area (Å²) in [6, 6.07) is 15.8. The number of nitrogens with zero attached hydrogens (tertiary/aromatic N) is 2. The number of nitrogens with one attached hydrogen (secondary N) is 2. The van der Waals surface area contributed by atoms with Crippen molar-refractivity contribution in [3.63, 3.8) is 0 Å². The number of aromatic nitrogens is 3. The van der Waals surface area contributed by atoms with Crippen LogP contribution in [0.2, 0.25) is 0 Å². The van der Waals surface area contributed by atoms with Crippen LogP contribution >= 0.6 is 0 Å². The van der Waals surface area contributed by atoms with E-state index in [1.807, 2.05) is 48.5 Å². The first-order chi connectivity index (χ1) is 8.92. The highest BCUT2D eigenvalue weighted by Gasteiger charge is 2.03. The summed E-state index contributed by atoms with van der Waals surface area (Å²) in [5, 5.41) is 10.4. The Morgan fingerprint density at radius 3 is 2.67 bits per heavy atom. The van der Waals surface area contributed by atoms with E-state index in [0.717, 1.165) is 22.8 Å². The van der Waals surface area contributed by atoms with Gasteiger partial charge in [-0.15, -0.1) is 0 Å². The number of pyridine rings is 1. The van der Waals surface area contributed by atoms with Crippen LogP contribution in [0.4, 0.5) is 11.5 Å². The molecule has 2 heterocycles. The van der Waals surface area contributed by atoms with Gasteiger partial charge in [0.2, 0.25) is 0 Å². The first-order valence-electron chi connectivity index (χ1n) is 5.70. The summed E-state index contributed by atoms with van der Waals surface area (Å²) in [5.41, 5.74) is 2.98. The second-order valence-corrected chi connectivity index (χ2v) is 3.90. The largest absolute Gasteiger partial charge is 0.339 e. The number of rotatable bonds is 3. The van der Waals surface area contributed by atoms with Crippen molar-refractivity contribution in [3.05, 3.63) is 60.9 Å². The molecule has 4 heteroatoms. The predicted molar refractivity (Wildman–Crippen MR) is 71.5 cm³/mol. The molecule has 0 saturated heterocycles. The Hall–Kier alpha value is -2.62. The van der Waals surface area contributed by atoms with Gasteiger partial charge in [-0.1, -0.05) is 18.2 Å². The van der Waals surface area contributed by atoms with Crippen molar-refractivity contribution in [2.45, 2.75) is 0 Å². The third kappa shape index (κ3) is 2.22. The molecule has 18 heavy (non-hydrogen) atoms. The zero-order chi connectivity index (χ0) is 12.2.